The number of aryl methyl sites for hydroxylation is 1. The lowest BCUT2D eigenvalue weighted by atomic mass is 10.1. The van der Waals surface area contributed by atoms with Gasteiger partial charge in [-0.2, -0.15) is 9.57 Å². The van der Waals surface area contributed by atoms with Crippen LogP contribution >= 0.6 is 23.4 Å². The van der Waals surface area contributed by atoms with E-state index in [2.05, 4.69) is 0 Å². The SMILES string of the molecule is Cc1cc(Cl)cc(Sc2ccc(C#N)cc2S(=O)(=O)N2CCN(C(=O)Cc3cccc(F)c3)CC2)c1. The molecule has 0 spiro atoms. The number of nitriles is 1. The molecule has 0 aromatic heterocycles. The molecule has 0 N–H and O–H groups in total. The minimum Gasteiger partial charge on any atom is -0.340 e. The van der Waals surface area contributed by atoms with Crippen molar-refractivity contribution in [3.8, 4) is 6.07 Å². The summed E-state index contributed by atoms with van der Waals surface area (Å²) in [4.78, 5) is 15.6. The maximum absolute atomic E-state index is 13.6. The largest absolute Gasteiger partial charge is 0.340 e. The first-order chi connectivity index (χ1) is 17.2. The fourth-order valence-corrected chi connectivity index (χ4v) is 7.30. The summed E-state index contributed by atoms with van der Waals surface area (Å²) in [5.74, 6) is -0.589. The van der Waals surface area contributed by atoms with Crippen LogP contribution < -0.4 is 0 Å². The van der Waals surface area contributed by atoms with Crippen LogP contribution in [-0.4, -0.2) is 49.7 Å². The third-order valence-corrected chi connectivity index (χ3v) is 9.10. The number of hydrogen-bond donors (Lipinski definition) is 0. The van der Waals surface area contributed by atoms with E-state index in [1.54, 1.807) is 35.2 Å². The number of piperazine rings is 1. The van der Waals surface area contributed by atoms with E-state index in [1.807, 2.05) is 25.1 Å². The Hall–Kier alpha value is -2.90. The van der Waals surface area contributed by atoms with Crippen molar-refractivity contribution in [1.29, 1.82) is 5.26 Å². The highest BCUT2D eigenvalue weighted by Crippen LogP contribution is 2.36. The van der Waals surface area contributed by atoms with Gasteiger partial charge in [-0.1, -0.05) is 35.5 Å². The molecule has 6 nitrogen and oxygen atoms in total. The fraction of sp³-hybridized carbons (Fsp3) is 0.231. The van der Waals surface area contributed by atoms with Gasteiger partial charge in [0, 0.05) is 41.0 Å². The zero-order valence-corrected chi connectivity index (χ0v) is 21.8. The number of benzene rings is 3. The molecule has 1 saturated heterocycles. The predicted octanol–water partition coefficient (Wildman–Crippen LogP) is 4.89. The number of nitrogens with zero attached hydrogens (tertiary/aromatic N) is 3. The molecule has 3 aromatic carbocycles. The molecule has 186 valence electrons. The van der Waals surface area contributed by atoms with Crippen molar-refractivity contribution < 1.29 is 17.6 Å². The smallest absolute Gasteiger partial charge is 0.244 e. The normalized spacial score (nSPS) is 14.4. The Kier molecular flexibility index (Phi) is 8.00. The predicted molar refractivity (Wildman–Crippen MR) is 137 cm³/mol. The number of amides is 1. The molecule has 0 bridgehead atoms. The Labute approximate surface area is 219 Å². The molecular weight excluding hydrogens is 521 g/mol. The van der Waals surface area contributed by atoms with Crippen LogP contribution in [0.3, 0.4) is 0 Å². The summed E-state index contributed by atoms with van der Waals surface area (Å²) in [6, 6.07) is 18.0. The van der Waals surface area contributed by atoms with Gasteiger partial charge in [-0.05, 0) is 66.6 Å². The summed E-state index contributed by atoms with van der Waals surface area (Å²) in [6.07, 6.45) is 0.0502. The second-order valence-electron chi connectivity index (χ2n) is 8.43. The van der Waals surface area contributed by atoms with E-state index in [9.17, 15) is 22.9 Å². The maximum Gasteiger partial charge on any atom is 0.244 e. The van der Waals surface area contributed by atoms with E-state index in [4.69, 9.17) is 11.6 Å². The quantitative estimate of drug-likeness (QED) is 0.442. The van der Waals surface area contributed by atoms with Gasteiger partial charge in [-0.25, -0.2) is 12.8 Å². The molecule has 3 aromatic rings. The summed E-state index contributed by atoms with van der Waals surface area (Å²) in [7, 11) is -3.94. The van der Waals surface area contributed by atoms with E-state index >= 15 is 0 Å². The lowest BCUT2D eigenvalue weighted by Crippen LogP contribution is -2.50. The molecule has 0 saturated carbocycles. The van der Waals surface area contributed by atoms with Gasteiger partial charge >= 0.3 is 0 Å². The number of halogens is 2. The first kappa shape index (κ1) is 26.2. The molecule has 0 radical (unpaired) electrons. The van der Waals surface area contributed by atoms with Crippen molar-refractivity contribution in [3.63, 3.8) is 0 Å². The van der Waals surface area contributed by atoms with Crippen molar-refractivity contribution in [2.24, 2.45) is 0 Å². The van der Waals surface area contributed by atoms with E-state index in [1.165, 1.54) is 34.3 Å². The highest BCUT2D eigenvalue weighted by Gasteiger charge is 2.32. The lowest BCUT2D eigenvalue weighted by Gasteiger charge is -2.34. The molecular formula is C26H23ClFN3O3S2. The minimum atomic E-state index is -3.94. The van der Waals surface area contributed by atoms with Gasteiger partial charge in [0.1, 0.15) is 5.82 Å². The van der Waals surface area contributed by atoms with Crippen LogP contribution in [0.25, 0.3) is 0 Å². The van der Waals surface area contributed by atoms with Crippen LogP contribution in [0.15, 0.2) is 75.4 Å². The summed E-state index contributed by atoms with van der Waals surface area (Å²) in [5, 5.41) is 9.93. The van der Waals surface area contributed by atoms with Gasteiger partial charge in [-0.15, -0.1) is 0 Å². The highest BCUT2D eigenvalue weighted by atomic mass is 35.5. The number of sulfonamides is 1. The average molecular weight is 544 g/mol. The summed E-state index contributed by atoms with van der Waals surface area (Å²) < 4.78 is 42.1. The molecule has 0 unspecified atom stereocenters. The number of carbonyl (C=O) groups is 1. The Balaban J connectivity index is 1.52. The monoisotopic (exact) mass is 543 g/mol. The van der Waals surface area contributed by atoms with Crippen molar-refractivity contribution in [2.75, 3.05) is 26.2 Å². The molecule has 0 aliphatic carbocycles. The van der Waals surface area contributed by atoms with E-state index in [0.717, 1.165) is 10.5 Å². The Morgan fingerprint density at radius 1 is 1.08 bits per heavy atom. The standard InChI is InChI=1S/C26H23ClFN3O3S2/c1-18-11-21(27)16-23(12-18)35-24-6-5-20(17-29)14-25(24)36(33,34)31-9-7-30(8-10-31)26(32)15-19-3-2-4-22(28)13-19/h2-6,11-14,16H,7-10,15H2,1H3. The Bertz CT molecular complexity index is 1430. The zero-order chi connectivity index (χ0) is 25.9. The average Bonchev–Trinajstić information content (AvgIpc) is 2.83. The zero-order valence-electron chi connectivity index (χ0n) is 19.4. The van der Waals surface area contributed by atoms with Crippen molar-refractivity contribution in [3.05, 3.63) is 88.2 Å². The van der Waals surface area contributed by atoms with Crippen LogP contribution in [0.2, 0.25) is 5.02 Å². The second-order valence-corrected chi connectivity index (χ2v) is 11.9. The molecule has 1 amide bonds. The van der Waals surface area contributed by atoms with Gasteiger partial charge in [0.05, 0.1) is 22.9 Å². The van der Waals surface area contributed by atoms with Crippen LogP contribution in [0.5, 0.6) is 0 Å². The van der Waals surface area contributed by atoms with Crippen molar-refractivity contribution >= 4 is 39.3 Å². The van der Waals surface area contributed by atoms with E-state index in [0.29, 0.717) is 15.5 Å². The summed E-state index contributed by atoms with van der Waals surface area (Å²) in [6.45, 7) is 2.59. The van der Waals surface area contributed by atoms with Gasteiger partial charge in [0.15, 0.2) is 0 Å². The van der Waals surface area contributed by atoms with Crippen LogP contribution in [-0.2, 0) is 21.2 Å². The molecule has 0 atom stereocenters. The van der Waals surface area contributed by atoms with Gasteiger partial charge in [0.25, 0.3) is 0 Å². The van der Waals surface area contributed by atoms with Crippen LogP contribution in [0, 0.1) is 24.1 Å². The van der Waals surface area contributed by atoms with Gasteiger partial charge < -0.3 is 4.90 Å². The minimum absolute atomic E-state index is 0.0451. The summed E-state index contributed by atoms with van der Waals surface area (Å²) in [5.41, 5.74) is 1.76. The highest BCUT2D eigenvalue weighted by molar-refractivity contribution is 8.00. The van der Waals surface area contributed by atoms with Crippen molar-refractivity contribution in [1.82, 2.24) is 9.21 Å². The Morgan fingerprint density at radius 3 is 2.50 bits per heavy atom. The molecule has 10 heteroatoms. The van der Waals surface area contributed by atoms with E-state index in [-0.39, 0.29) is 49.0 Å². The third-order valence-electron chi connectivity index (χ3n) is 5.77. The first-order valence-corrected chi connectivity index (χ1v) is 13.8. The van der Waals surface area contributed by atoms with Crippen molar-refractivity contribution in [2.45, 2.75) is 28.0 Å². The number of carbonyl (C=O) groups excluding carboxylic acids is 1. The lowest BCUT2D eigenvalue weighted by molar-refractivity contribution is -0.131. The molecule has 4 rings (SSSR count). The molecule has 1 fully saturated rings. The molecule has 1 aliphatic heterocycles. The summed E-state index contributed by atoms with van der Waals surface area (Å²) >= 11 is 7.45. The number of rotatable bonds is 6. The van der Waals surface area contributed by atoms with Crippen LogP contribution in [0.4, 0.5) is 4.39 Å². The third kappa shape index (κ3) is 6.08. The maximum atomic E-state index is 13.6. The Morgan fingerprint density at radius 2 is 1.83 bits per heavy atom. The fourth-order valence-electron chi connectivity index (χ4n) is 4.00. The second kappa shape index (κ2) is 11.0. The van der Waals surface area contributed by atoms with Crippen LogP contribution in [0.1, 0.15) is 16.7 Å². The molecule has 36 heavy (non-hydrogen) atoms. The molecule has 1 aliphatic rings. The topological polar surface area (TPSA) is 81.5 Å². The van der Waals surface area contributed by atoms with Gasteiger partial charge in [0.2, 0.25) is 15.9 Å². The first-order valence-electron chi connectivity index (χ1n) is 11.2. The number of hydrogen-bond acceptors (Lipinski definition) is 5. The van der Waals surface area contributed by atoms with Gasteiger partial charge in [-0.3, -0.25) is 4.79 Å². The van der Waals surface area contributed by atoms with E-state index < -0.39 is 15.8 Å². The molecule has 1 heterocycles.